The van der Waals surface area contributed by atoms with Crippen molar-refractivity contribution in [2.24, 2.45) is 5.92 Å². The zero-order valence-corrected chi connectivity index (χ0v) is 7.54. The Morgan fingerprint density at radius 3 is 2.85 bits per heavy atom. The number of anilines is 1. The second-order valence-electron chi connectivity index (χ2n) is 3.50. The fourth-order valence-corrected chi connectivity index (χ4v) is 1.73. The number of rotatable bonds is 2. The fraction of sp³-hybridized carbons (Fsp3) is 0.667. The Hall–Kier alpha value is -1.06. The van der Waals surface area contributed by atoms with Crippen LogP contribution >= 0.6 is 0 Å². The summed E-state index contributed by atoms with van der Waals surface area (Å²) in [6.45, 7) is 1.66. The minimum Gasteiger partial charge on any atom is -0.342 e. The Kier molecular flexibility index (Phi) is 2.47. The molecule has 0 unspecified atom stereocenters. The molecule has 2 heterocycles. The van der Waals surface area contributed by atoms with Crippen LogP contribution in [0.1, 0.15) is 12.8 Å². The summed E-state index contributed by atoms with van der Waals surface area (Å²) in [5.74, 6) is 1.18. The van der Waals surface area contributed by atoms with Gasteiger partial charge >= 0.3 is 0 Å². The SMILES string of the molecule is FCC1CCN(c2ncc[nH]2)CC1. The highest BCUT2D eigenvalue weighted by Crippen LogP contribution is 2.20. The lowest BCUT2D eigenvalue weighted by atomic mass is 9.99. The van der Waals surface area contributed by atoms with Gasteiger partial charge in [-0.15, -0.1) is 0 Å². The average Bonchev–Trinajstić information content (AvgIpc) is 2.71. The van der Waals surface area contributed by atoms with E-state index in [2.05, 4.69) is 14.9 Å². The molecule has 72 valence electrons. The Morgan fingerprint density at radius 1 is 1.54 bits per heavy atom. The third-order valence-electron chi connectivity index (χ3n) is 2.62. The van der Waals surface area contributed by atoms with Crippen molar-refractivity contribution in [2.45, 2.75) is 12.8 Å². The van der Waals surface area contributed by atoms with E-state index < -0.39 is 0 Å². The molecule has 1 aromatic heterocycles. The lowest BCUT2D eigenvalue weighted by Crippen LogP contribution is -2.34. The Bertz CT molecular complexity index is 239. The van der Waals surface area contributed by atoms with Gasteiger partial charge < -0.3 is 9.88 Å². The predicted octanol–water partition coefficient (Wildman–Crippen LogP) is 1.60. The number of H-pyrrole nitrogens is 1. The van der Waals surface area contributed by atoms with Gasteiger partial charge in [0.05, 0.1) is 6.67 Å². The Labute approximate surface area is 77.0 Å². The second-order valence-corrected chi connectivity index (χ2v) is 3.50. The second kappa shape index (κ2) is 3.77. The highest BCUT2D eigenvalue weighted by molar-refractivity contribution is 5.29. The zero-order valence-electron chi connectivity index (χ0n) is 7.54. The molecule has 0 saturated carbocycles. The Balaban J connectivity index is 1.92. The zero-order chi connectivity index (χ0) is 9.10. The first-order chi connectivity index (χ1) is 6.40. The number of alkyl halides is 1. The summed E-state index contributed by atoms with van der Waals surface area (Å²) in [5.41, 5.74) is 0. The molecule has 0 radical (unpaired) electrons. The normalized spacial score (nSPS) is 19.3. The van der Waals surface area contributed by atoms with Gasteiger partial charge in [-0.2, -0.15) is 0 Å². The van der Waals surface area contributed by atoms with Crippen molar-refractivity contribution in [1.82, 2.24) is 9.97 Å². The highest BCUT2D eigenvalue weighted by Gasteiger charge is 2.19. The van der Waals surface area contributed by atoms with Gasteiger partial charge in [0.25, 0.3) is 0 Å². The van der Waals surface area contributed by atoms with E-state index in [0.29, 0.717) is 0 Å². The van der Waals surface area contributed by atoms with Gasteiger partial charge in [-0.1, -0.05) is 0 Å². The molecule has 1 aromatic rings. The molecule has 1 aliphatic heterocycles. The van der Waals surface area contributed by atoms with E-state index in [4.69, 9.17) is 0 Å². The lowest BCUT2D eigenvalue weighted by Gasteiger charge is -2.30. The monoisotopic (exact) mass is 183 g/mol. The molecule has 3 nitrogen and oxygen atoms in total. The van der Waals surface area contributed by atoms with Crippen LogP contribution in [0.25, 0.3) is 0 Å². The van der Waals surface area contributed by atoms with Crippen molar-refractivity contribution < 1.29 is 4.39 Å². The quantitative estimate of drug-likeness (QED) is 0.755. The van der Waals surface area contributed by atoms with Crippen molar-refractivity contribution in [3.8, 4) is 0 Å². The molecule has 0 atom stereocenters. The molecule has 1 aliphatic rings. The van der Waals surface area contributed by atoms with Gasteiger partial charge in [0.1, 0.15) is 0 Å². The molecule has 0 aromatic carbocycles. The number of halogens is 1. The van der Waals surface area contributed by atoms with Crippen LogP contribution in [0.3, 0.4) is 0 Å². The van der Waals surface area contributed by atoms with Crippen LogP contribution in [0.5, 0.6) is 0 Å². The summed E-state index contributed by atoms with van der Waals surface area (Å²) in [5, 5.41) is 0. The van der Waals surface area contributed by atoms with E-state index in [1.165, 1.54) is 0 Å². The summed E-state index contributed by atoms with van der Waals surface area (Å²) >= 11 is 0. The number of imidazole rings is 1. The maximum absolute atomic E-state index is 12.3. The van der Waals surface area contributed by atoms with E-state index in [-0.39, 0.29) is 12.6 Å². The third-order valence-corrected chi connectivity index (χ3v) is 2.62. The van der Waals surface area contributed by atoms with Gasteiger partial charge in [0.15, 0.2) is 0 Å². The first-order valence-corrected chi connectivity index (χ1v) is 4.70. The van der Waals surface area contributed by atoms with Crippen LogP contribution in [0.2, 0.25) is 0 Å². The van der Waals surface area contributed by atoms with Crippen LogP contribution in [-0.2, 0) is 0 Å². The summed E-state index contributed by atoms with van der Waals surface area (Å²) in [6.07, 6.45) is 5.45. The molecule has 0 amide bonds. The fourth-order valence-electron chi connectivity index (χ4n) is 1.73. The number of hydrogen-bond acceptors (Lipinski definition) is 2. The minimum atomic E-state index is -0.175. The Morgan fingerprint density at radius 2 is 2.31 bits per heavy atom. The maximum atomic E-state index is 12.3. The number of aromatic amines is 1. The number of hydrogen-bond donors (Lipinski definition) is 1. The molecule has 0 aliphatic carbocycles. The minimum absolute atomic E-state index is 0.175. The van der Waals surface area contributed by atoms with Crippen LogP contribution < -0.4 is 4.90 Å². The van der Waals surface area contributed by atoms with E-state index in [0.717, 1.165) is 31.9 Å². The van der Waals surface area contributed by atoms with Crippen molar-refractivity contribution in [1.29, 1.82) is 0 Å². The predicted molar refractivity (Wildman–Crippen MR) is 49.5 cm³/mol. The van der Waals surface area contributed by atoms with Crippen LogP contribution in [0, 0.1) is 5.92 Å². The van der Waals surface area contributed by atoms with Gasteiger partial charge in [0, 0.05) is 25.5 Å². The third kappa shape index (κ3) is 1.82. The molecular weight excluding hydrogens is 169 g/mol. The van der Waals surface area contributed by atoms with Gasteiger partial charge in [-0.05, 0) is 18.8 Å². The van der Waals surface area contributed by atoms with Crippen LogP contribution in [0.4, 0.5) is 10.3 Å². The summed E-state index contributed by atoms with van der Waals surface area (Å²) in [6, 6.07) is 0. The lowest BCUT2D eigenvalue weighted by molar-refractivity contribution is 0.306. The maximum Gasteiger partial charge on any atom is 0.202 e. The summed E-state index contributed by atoms with van der Waals surface area (Å²) < 4.78 is 12.3. The molecule has 2 rings (SSSR count). The first-order valence-electron chi connectivity index (χ1n) is 4.70. The van der Waals surface area contributed by atoms with Crippen molar-refractivity contribution >= 4 is 5.95 Å². The van der Waals surface area contributed by atoms with Crippen molar-refractivity contribution in [2.75, 3.05) is 24.7 Å². The average molecular weight is 183 g/mol. The van der Waals surface area contributed by atoms with Crippen molar-refractivity contribution in [3.63, 3.8) is 0 Å². The molecule has 1 N–H and O–H groups in total. The van der Waals surface area contributed by atoms with Crippen molar-refractivity contribution in [3.05, 3.63) is 12.4 Å². The largest absolute Gasteiger partial charge is 0.342 e. The smallest absolute Gasteiger partial charge is 0.202 e. The van der Waals surface area contributed by atoms with Crippen LogP contribution in [0.15, 0.2) is 12.4 Å². The van der Waals surface area contributed by atoms with E-state index in [9.17, 15) is 4.39 Å². The number of piperidine rings is 1. The first kappa shape index (κ1) is 8.53. The van der Waals surface area contributed by atoms with Gasteiger partial charge in [-0.25, -0.2) is 4.98 Å². The molecule has 13 heavy (non-hydrogen) atoms. The molecular formula is C9H14FN3. The van der Waals surface area contributed by atoms with E-state index in [1.54, 1.807) is 6.20 Å². The topological polar surface area (TPSA) is 31.9 Å². The van der Waals surface area contributed by atoms with Gasteiger partial charge in [0.2, 0.25) is 5.95 Å². The molecule has 0 spiro atoms. The summed E-state index contributed by atoms with van der Waals surface area (Å²) in [7, 11) is 0. The standard InChI is InChI=1S/C9H14FN3/c10-7-8-1-5-13(6-2-8)9-11-3-4-12-9/h3-4,8H,1-2,5-7H2,(H,11,12). The number of nitrogens with one attached hydrogen (secondary N) is 1. The van der Waals surface area contributed by atoms with E-state index in [1.807, 2.05) is 6.20 Å². The van der Waals surface area contributed by atoms with Crippen LogP contribution in [-0.4, -0.2) is 29.7 Å². The molecule has 1 fully saturated rings. The molecule has 0 bridgehead atoms. The molecule has 1 saturated heterocycles. The number of aromatic nitrogens is 2. The van der Waals surface area contributed by atoms with Gasteiger partial charge in [-0.3, -0.25) is 4.39 Å². The summed E-state index contributed by atoms with van der Waals surface area (Å²) in [4.78, 5) is 9.40. The molecule has 4 heteroatoms. The number of nitrogens with zero attached hydrogens (tertiary/aromatic N) is 2. The van der Waals surface area contributed by atoms with E-state index >= 15 is 0 Å². The highest BCUT2D eigenvalue weighted by atomic mass is 19.1.